The van der Waals surface area contributed by atoms with E-state index in [1.54, 1.807) is 25.3 Å². The van der Waals surface area contributed by atoms with Gasteiger partial charge in [-0.05, 0) is 86.5 Å². The van der Waals surface area contributed by atoms with E-state index in [0.29, 0.717) is 44.9 Å². The Morgan fingerprint density at radius 2 is 1.75 bits per heavy atom. The Balaban J connectivity index is 1.26. The molecule has 5 aliphatic rings. The van der Waals surface area contributed by atoms with Crippen LogP contribution in [0, 0.1) is 17.8 Å². The number of rotatable bonds is 7. The maximum Gasteiger partial charge on any atom is 0.243 e. The number of morpholine rings is 1. The molecule has 0 aromatic heterocycles. The molecular weight excluding hydrogens is 428 g/mol. The van der Waals surface area contributed by atoms with Gasteiger partial charge in [-0.2, -0.15) is 4.31 Å². The number of carbonyl (C=O) groups is 1. The number of methoxy groups -OCH3 is 1. The van der Waals surface area contributed by atoms with Crippen molar-refractivity contribution in [1.29, 1.82) is 0 Å². The molecular formula is C24H34N2O5S. The molecule has 5 fully saturated rings. The molecule has 0 spiro atoms. The lowest BCUT2D eigenvalue weighted by molar-refractivity contribution is -0.126. The first-order valence-electron chi connectivity index (χ1n) is 11.9. The molecule has 32 heavy (non-hydrogen) atoms. The van der Waals surface area contributed by atoms with E-state index in [1.165, 1.54) is 23.6 Å². The van der Waals surface area contributed by atoms with E-state index in [9.17, 15) is 13.2 Å². The molecule has 1 aliphatic heterocycles. The average Bonchev–Trinajstić information content (AvgIpc) is 2.77. The Bertz CT molecular complexity index is 935. The quantitative estimate of drug-likeness (QED) is 0.674. The molecule has 6 rings (SSSR count). The number of ether oxygens (including phenoxy) is 2. The van der Waals surface area contributed by atoms with Crippen LogP contribution >= 0.6 is 0 Å². The normalized spacial score (nSPS) is 32.1. The second-order valence-corrected chi connectivity index (χ2v) is 12.2. The van der Waals surface area contributed by atoms with Crippen LogP contribution in [0.5, 0.6) is 5.75 Å². The molecule has 176 valence electrons. The lowest BCUT2D eigenvalue weighted by atomic mass is 9.53. The predicted molar refractivity (Wildman–Crippen MR) is 120 cm³/mol. The van der Waals surface area contributed by atoms with Gasteiger partial charge >= 0.3 is 0 Å². The van der Waals surface area contributed by atoms with Gasteiger partial charge in [-0.1, -0.05) is 0 Å². The smallest absolute Gasteiger partial charge is 0.243 e. The zero-order valence-corrected chi connectivity index (χ0v) is 19.7. The lowest BCUT2D eigenvalue weighted by Crippen LogP contribution is -2.59. The van der Waals surface area contributed by atoms with E-state index in [-0.39, 0.29) is 16.3 Å². The number of nitrogens with one attached hydrogen (secondary N) is 1. The topological polar surface area (TPSA) is 84.9 Å². The van der Waals surface area contributed by atoms with Gasteiger partial charge in [-0.3, -0.25) is 4.79 Å². The number of hydrogen-bond donors (Lipinski definition) is 1. The van der Waals surface area contributed by atoms with Gasteiger partial charge in [0.1, 0.15) is 5.75 Å². The van der Waals surface area contributed by atoms with Gasteiger partial charge < -0.3 is 14.8 Å². The minimum absolute atomic E-state index is 0.00254. The Morgan fingerprint density at radius 3 is 2.34 bits per heavy atom. The van der Waals surface area contributed by atoms with Crippen molar-refractivity contribution in [3.05, 3.63) is 23.8 Å². The van der Waals surface area contributed by atoms with Crippen LogP contribution in [0.25, 0.3) is 0 Å². The van der Waals surface area contributed by atoms with Crippen LogP contribution in [0.1, 0.15) is 50.5 Å². The summed E-state index contributed by atoms with van der Waals surface area (Å²) >= 11 is 0. The maximum atomic E-state index is 13.0. The van der Waals surface area contributed by atoms with Gasteiger partial charge in [-0.15, -0.1) is 0 Å². The fraction of sp³-hybridized carbons (Fsp3) is 0.708. The van der Waals surface area contributed by atoms with Crippen molar-refractivity contribution < 1.29 is 22.7 Å². The van der Waals surface area contributed by atoms with Gasteiger partial charge in [0.25, 0.3) is 0 Å². The summed E-state index contributed by atoms with van der Waals surface area (Å²) in [6, 6.07) is 4.95. The van der Waals surface area contributed by atoms with Crippen molar-refractivity contribution in [1.82, 2.24) is 9.62 Å². The zero-order chi connectivity index (χ0) is 22.3. The fourth-order valence-electron chi connectivity index (χ4n) is 6.92. The molecule has 8 heteroatoms. The van der Waals surface area contributed by atoms with E-state index < -0.39 is 10.0 Å². The SMILES string of the molecule is COc1ccc(S(=O)(=O)N2CCOCC2)cc1CCC(=O)NC12CC3CC(CC(C3)C1)C2. The number of nitrogens with zero attached hydrogens (tertiary/aromatic N) is 1. The number of hydrogen-bond acceptors (Lipinski definition) is 5. The molecule has 4 aliphatic carbocycles. The minimum atomic E-state index is -3.59. The van der Waals surface area contributed by atoms with Gasteiger partial charge in [-0.25, -0.2) is 8.42 Å². The Labute approximate surface area is 190 Å². The second kappa shape index (κ2) is 8.61. The van der Waals surface area contributed by atoms with E-state index >= 15 is 0 Å². The van der Waals surface area contributed by atoms with Crippen molar-refractivity contribution in [2.24, 2.45) is 17.8 Å². The number of aryl methyl sites for hydroxylation is 1. The Kier molecular flexibility index (Phi) is 5.97. The van der Waals surface area contributed by atoms with Gasteiger partial charge in [0, 0.05) is 25.0 Å². The highest BCUT2D eigenvalue weighted by atomic mass is 32.2. The largest absolute Gasteiger partial charge is 0.496 e. The van der Waals surface area contributed by atoms with Crippen molar-refractivity contribution in [3.8, 4) is 5.75 Å². The van der Waals surface area contributed by atoms with E-state index in [1.807, 2.05) is 0 Å². The standard InChI is InChI=1S/C24H34N2O5S/c1-30-22-4-3-21(32(28,29)26-6-8-31-9-7-26)13-20(22)2-5-23(27)25-24-14-17-10-18(15-24)12-19(11-17)16-24/h3-4,13,17-19H,2,5-12,14-16H2,1H3,(H,25,27). The molecule has 1 amide bonds. The summed E-state index contributed by atoms with van der Waals surface area (Å²) in [4.78, 5) is 13.2. The first-order chi connectivity index (χ1) is 15.4. The third-order valence-electron chi connectivity index (χ3n) is 7.92. The molecule has 0 unspecified atom stereocenters. The van der Waals surface area contributed by atoms with E-state index in [4.69, 9.17) is 9.47 Å². The van der Waals surface area contributed by atoms with Crippen LogP contribution in [0.15, 0.2) is 23.1 Å². The highest BCUT2D eigenvalue weighted by Crippen LogP contribution is 2.55. The van der Waals surface area contributed by atoms with Crippen LogP contribution in [-0.4, -0.2) is 57.6 Å². The summed E-state index contributed by atoms with van der Waals surface area (Å²) < 4.78 is 38.3. The van der Waals surface area contributed by atoms with E-state index in [2.05, 4.69) is 5.32 Å². The molecule has 0 atom stereocenters. The first kappa shape index (κ1) is 22.2. The second-order valence-electron chi connectivity index (χ2n) is 10.2. The van der Waals surface area contributed by atoms with Gasteiger partial charge in [0.2, 0.25) is 15.9 Å². The number of sulfonamides is 1. The third-order valence-corrected chi connectivity index (χ3v) is 9.82. The monoisotopic (exact) mass is 462 g/mol. The summed E-state index contributed by atoms with van der Waals surface area (Å²) in [7, 11) is -2.01. The average molecular weight is 463 g/mol. The molecule has 1 N–H and O–H groups in total. The molecule has 1 heterocycles. The summed E-state index contributed by atoms with van der Waals surface area (Å²) in [6.45, 7) is 1.54. The highest BCUT2D eigenvalue weighted by molar-refractivity contribution is 7.89. The third kappa shape index (κ3) is 4.29. The van der Waals surface area contributed by atoms with Crippen molar-refractivity contribution in [2.75, 3.05) is 33.4 Å². The van der Waals surface area contributed by atoms with Crippen LogP contribution in [0.2, 0.25) is 0 Å². The van der Waals surface area contributed by atoms with E-state index in [0.717, 1.165) is 42.6 Å². The van der Waals surface area contributed by atoms with Gasteiger partial charge in [0.15, 0.2) is 0 Å². The Hall–Kier alpha value is -1.64. The molecule has 4 bridgehead atoms. The first-order valence-corrected chi connectivity index (χ1v) is 13.4. The molecule has 1 aromatic rings. The summed E-state index contributed by atoms with van der Waals surface area (Å²) in [5.74, 6) is 3.03. The van der Waals surface area contributed by atoms with Gasteiger partial charge in [0.05, 0.1) is 25.2 Å². The molecule has 0 radical (unpaired) electrons. The Morgan fingerprint density at radius 1 is 1.12 bits per heavy atom. The van der Waals surface area contributed by atoms with Crippen molar-refractivity contribution in [3.63, 3.8) is 0 Å². The number of carbonyl (C=O) groups excluding carboxylic acids is 1. The predicted octanol–water partition coefficient (Wildman–Crippen LogP) is 2.73. The summed E-state index contributed by atoms with van der Waals surface area (Å²) in [5.41, 5.74) is 0.750. The lowest BCUT2D eigenvalue weighted by Gasteiger charge is -2.56. The molecule has 4 saturated carbocycles. The highest BCUT2D eigenvalue weighted by Gasteiger charge is 2.51. The van der Waals surface area contributed by atoms with Crippen LogP contribution in [0.3, 0.4) is 0 Å². The van der Waals surface area contributed by atoms with Crippen molar-refractivity contribution >= 4 is 15.9 Å². The molecule has 7 nitrogen and oxygen atoms in total. The van der Waals surface area contributed by atoms with Crippen LogP contribution in [0.4, 0.5) is 0 Å². The van der Waals surface area contributed by atoms with Crippen LogP contribution in [-0.2, 0) is 26.0 Å². The van der Waals surface area contributed by atoms with Crippen molar-refractivity contribution in [2.45, 2.75) is 61.8 Å². The molecule has 1 aromatic carbocycles. The molecule has 1 saturated heterocycles. The number of benzene rings is 1. The minimum Gasteiger partial charge on any atom is -0.496 e. The summed E-state index contributed by atoms with van der Waals surface area (Å²) in [5, 5.41) is 3.41. The number of amides is 1. The maximum absolute atomic E-state index is 13.0. The van der Waals surface area contributed by atoms with Crippen LogP contribution < -0.4 is 10.1 Å². The summed E-state index contributed by atoms with van der Waals surface area (Å²) in [6.07, 6.45) is 8.20. The fourth-order valence-corrected chi connectivity index (χ4v) is 8.38. The zero-order valence-electron chi connectivity index (χ0n) is 18.8.